The van der Waals surface area contributed by atoms with Crippen molar-refractivity contribution in [3.05, 3.63) is 41.3 Å². The maximum absolute atomic E-state index is 10.4. The summed E-state index contributed by atoms with van der Waals surface area (Å²) >= 11 is 0. The minimum Gasteiger partial charge on any atom is -0.508 e. The van der Waals surface area contributed by atoms with E-state index in [-0.39, 0.29) is 22.5 Å². The van der Waals surface area contributed by atoms with Gasteiger partial charge >= 0.3 is 0 Å². The van der Waals surface area contributed by atoms with Gasteiger partial charge in [-0.25, -0.2) is 0 Å². The third kappa shape index (κ3) is 1.76. The Balaban J connectivity index is 0.000000980. The summed E-state index contributed by atoms with van der Waals surface area (Å²) in [7, 11) is 0. The first-order valence-electron chi connectivity index (χ1n) is 3.86. The van der Waals surface area contributed by atoms with Crippen LogP contribution in [-0.2, 0) is 16.8 Å². The van der Waals surface area contributed by atoms with Crippen molar-refractivity contribution < 1.29 is 21.9 Å². The Kier molecular flexibility index (Phi) is 3.21. The second-order valence-electron chi connectivity index (χ2n) is 2.77. The van der Waals surface area contributed by atoms with Crippen molar-refractivity contribution in [2.45, 2.75) is 0 Å². The molecule has 0 aliphatic carbocycles. The van der Waals surface area contributed by atoms with E-state index in [2.05, 4.69) is 5.18 Å². The average Bonchev–Trinajstić information content (AvgIpc) is 2.16. The quantitative estimate of drug-likeness (QED) is 0.768. The van der Waals surface area contributed by atoms with Crippen molar-refractivity contribution in [2.24, 2.45) is 5.18 Å². The zero-order valence-corrected chi connectivity index (χ0v) is 8.14. The van der Waals surface area contributed by atoms with Crippen molar-refractivity contribution in [2.75, 3.05) is 0 Å². The van der Waals surface area contributed by atoms with Gasteiger partial charge in [0.2, 0.25) is 0 Å². The molecule has 3 nitrogen and oxygen atoms in total. The molecule has 1 N–H and O–H groups in total. The Bertz CT molecular complexity index is 471. The largest absolute Gasteiger partial charge is 0.508 e. The molecule has 0 heterocycles. The molecule has 0 saturated carbocycles. The molecule has 0 unspecified atom stereocenters. The van der Waals surface area contributed by atoms with E-state index in [1.807, 2.05) is 6.07 Å². The smallest absolute Gasteiger partial charge is 0.116 e. The molecule has 4 heteroatoms. The van der Waals surface area contributed by atoms with Crippen molar-refractivity contribution in [3.63, 3.8) is 0 Å². The number of hydrogen-bond acceptors (Lipinski definition) is 3. The van der Waals surface area contributed by atoms with Crippen LogP contribution in [0.15, 0.2) is 41.6 Å². The van der Waals surface area contributed by atoms with Crippen LogP contribution in [0.1, 0.15) is 0 Å². The third-order valence-corrected chi connectivity index (χ3v) is 1.94. The van der Waals surface area contributed by atoms with Crippen LogP contribution >= 0.6 is 0 Å². The van der Waals surface area contributed by atoms with Crippen LogP contribution in [0.2, 0.25) is 0 Å². The molecule has 0 atom stereocenters. The summed E-state index contributed by atoms with van der Waals surface area (Å²) in [6.45, 7) is 0. The molecule has 2 rings (SSSR count). The summed E-state index contributed by atoms with van der Waals surface area (Å²) in [4.78, 5) is 10.4. The molecule has 14 heavy (non-hydrogen) atoms. The molecule has 73 valence electrons. The second kappa shape index (κ2) is 4.21. The second-order valence-corrected chi connectivity index (χ2v) is 2.77. The van der Waals surface area contributed by atoms with Gasteiger partial charge in [-0.1, -0.05) is 12.1 Å². The molecular formula is C10H7CoNO2. The molecule has 0 aliphatic heterocycles. The molecule has 0 spiro atoms. The summed E-state index contributed by atoms with van der Waals surface area (Å²) in [5.74, 6) is 0.190. The van der Waals surface area contributed by atoms with Crippen molar-refractivity contribution in [3.8, 4) is 5.75 Å². The zero-order chi connectivity index (χ0) is 9.26. The van der Waals surface area contributed by atoms with Crippen LogP contribution in [0.4, 0.5) is 5.69 Å². The van der Waals surface area contributed by atoms with E-state index in [1.165, 1.54) is 6.07 Å². The summed E-state index contributed by atoms with van der Waals surface area (Å²) in [5, 5.41) is 13.7. The molecule has 2 aromatic rings. The van der Waals surface area contributed by atoms with Gasteiger partial charge < -0.3 is 5.11 Å². The van der Waals surface area contributed by atoms with Gasteiger partial charge in [0.15, 0.2) is 0 Å². The number of benzene rings is 2. The van der Waals surface area contributed by atoms with Gasteiger partial charge in [-0.15, -0.1) is 4.91 Å². The minimum absolute atomic E-state index is 0. The van der Waals surface area contributed by atoms with E-state index in [0.717, 1.165) is 10.8 Å². The SMILES string of the molecule is O=Nc1cccc2cc(O)ccc12.[Co]. The number of phenolic OH excluding ortho intramolecular Hbond substituents is 1. The van der Waals surface area contributed by atoms with E-state index in [9.17, 15) is 10.0 Å². The first-order valence-corrected chi connectivity index (χ1v) is 3.86. The summed E-state index contributed by atoms with van der Waals surface area (Å²) in [6, 6.07) is 10.0. The predicted molar refractivity (Wildman–Crippen MR) is 51.1 cm³/mol. The Morgan fingerprint density at radius 2 is 1.93 bits per heavy atom. The fraction of sp³-hybridized carbons (Fsp3) is 0. The maximum Gasteiger partial charge on any atom is 0.116 e. The van der Waals surface area contributed by atoms with Crippen molar-refractivity contribution >= 4 is 16.5 Å². The molecule has 0 saturated heterocycles. The fourth-order valence-corrected chi connectivity index (χ4v) is 1.33. The standard InChI is InChI=1S/C10H7NO2.Co/c12-8-4-5-9-7(6-8)2-1-3-10(9)11-13;/h1-6,12H;. The van der Waals surface area contributed by atoms with Gasteiger partial charge in [-0.05, 0) is 34.8 Å². The maximum atomic E-state index is 10.4. The first kappa shape index (κ1) is 10.7. The van der Waals surface area contributed by atoms with Crippen molar-refractivity contribution in [1.29, 1.82) is 0 Å². The molecule has 0 aliphatic rings. The molecule has 0 bridgehead atoms. The predicted octanol–water partition coefficient (Wildman–Crippen LogP) is 2.94. The van der Waals surface area contributed by atoms with Gasteiger partial charge in [-0.3, -0.25) is 0 Å². The van der Waals surface area contributed by atoms with E-state index in [1.54, 1.807) is 24.3 Å². The van der Waals surface area contributed by atoms with Gasteiger partial charge in [-0.2, -0.15) is 0 Å². The fourth-order valence-electron chi connectivity index (χ4n) is 1.33. The first-order chi connectivity index (χ1) is 6.31. The van der Waals surface area contributed by atoms with Crippen molar-refractivity contribution in [1.82, 2.24) is 0 Å². The Morgan fingerprint density at radius 3 is 2.64 bits per heavy atom. The van der Waals surface area contributed by atoms with Crippen LogP contribution in [-0.4, -0.2) is 5.11 Å². The van der Waals surface area contributed by atoms with Gasteiger partial charge in [0, 0.05) is 22.2 Å². The zero-order valence-electron chi connectivity index (χ0n) is 7.10. The Morgan fingerprint density at radius 1 is 1.14 bits per heavy atom. The number of nitroso groups, excluding NO2 is 1. The normalized spacial score (nSPS) is 9.43. The number of nitrogens with zero attached hydrogens (tertiary/aromatic N) is 1. The van der Waals surface area contributed by atoms with Gasteiger partial charge in [0.1, 0.15) is 11.4 Å². The topological polar surface area (TPSA) is 49.7 Å². The van der Waals surface area contributed by atoms with Crippen LogP contribution in [0.5, 0.6) is 5.75 Å². The number of aromatic hydroxyl groups is 1. The number of fused-ring (bicyclic) bond motifs is 1. The summed E-state index contributed by atoms with van der Waals surface area (Å²) in [5.41, 5.74) is 0.400. The molecule has 0 fully saturated rings. The van der Waals surface area contributed by atoms with Crippen LogP contribution in [0.25, 0.3) is 10.8 Å². The minimum atomic E-state index is 0. The van der Waals surface area contributed by atoms with Gasteiger partial charge in [0.05, 0.1) is 0 Å². The number of rotatable bonds is 1. The monoisotopic (exact) mass is 232 g/mol. The summed E-state index contributed by atoms with van der Waals surface area (Å²) < 4.78 is 0. The molecule has 0 amide bonds. The van der Waals surface area contributed by atoms with Gasteiger partial charge in [0.25, 0.3) is 0 Å². The van der Waals surface area contributed by atoms with E-state index in [0.29, 0.717) is 5.69 Å². The van der Waals surface area contributed by atoms with Crippen LogP contribution in [0.3, 0.4) is 0 Å². The summed E-state index contributed by atoms with van der Waals surface area (Å²) in [6.07, 6.45) is 0. The average molecular weight is 232 g/mol. The Labute approximate surface area is 90.9 Å². The molecule has 2 aromatic carbocycles. The number of phenols is 1. The third-order valence-electron chi connectivity index (χ3n) is 1.94. The van der Waals surface area contributed by atoms with E-state index in [4.69, 9.17) is 0 Å². The molecule has 1 radical (unpaired) electrons. The molecule has 0 aromatic heterocycles. The van der Waals surface area contributed by atoms with Crippen LogP contribution < -0.4 is 0 Å². The Hall–Kier alpha value is -1.39. The number of hydrogen-bond donors (Lipinski definition) is 1. The van der Waals surface area contributed by atoms with Crippen LogP contribution in [0, 0.1) is 4.91 Å². The van der Waals surface area contributed by atoms with E-state index >= 15 is 0 Å². The van der Waals surface area contributed by atoms with E-state index < -0.39 is 0 Å². The molecular weight excluding hydrogens is 225 g/mol.